The van der Waals surface area contributed by atoms with Crippen LogP contribution in [0.25, 0.3) is 5.69 Å². The minimum atomic E-state index is 0.174. The fourth-order valence-electron chi connectivity index (χ4n) is 2.03. The van der Waals surface area contributed by atoms with Gasteiger partial charge in [0, 0.05) is 0 Å². The van der Waals surface area contributed by atoms with E-state index in [1.807, 2.05) is 24.3 Å². The summed E-state index contributed by atoms with van der Waals surface area (Å²) in [7, 11) is 0. The number of anilines is 1. The SMILES string of the molecule is Clc1ccc(-n2cnnn2)cc1NCC1CCC=CO1. The number of benzene rings is 1. The standard InChI is InChI=1S/C13H14ClN5O/c14-12-5-4-10(19-9-16-17-18-19)7-13(12)15-8-11-3-1-2-6-20-11/h2,4-7,9,11,15H,1,3,8H2. The van der Waals surface area contributed by atoms with Gasteiger partial charge in [-0.2, -0.15) is 0 Å². The normalized spacial score (nSPS) is 17.8. The van der Waals surface area contributed by atoms with Crippen LogP contribution in [0.5, 0.6) is 0 Å². The molecule has 0 fully saturated rings. The molecule has 1 aliphatic rings. The maximum atomic E-state index is 6.20. The first-order chi connectivity index (χ1) is 9.83. The van der Waals surface area contributed by atoms with Crippen molar-refractivity contribution in [3.05, 3.63) is 41.9 Å². The van der Waals surface area contributed by atoms with Crippen molar-refractivity contribution in [2.75, 3.05) is 11.9 Å². The smallest absolute Gasteiger partial charge is 0.143 e. The van der Waals surface area contributed by atoms with Gasteiger partial charge in [0.2, 0.25) is 0 Å². The van der Waals surface area contributed by atoms with E-state index in [0.717, 1.165) is 24.2 Å². The Labute approximate surface area is 121 Å². The van der Waals surface area contributed by atoms with Crippen LogP contribution in [0.2, 0.25) is 5.02 Å². The van der Waals surface area contributed by atoms with Gasteiger partial charge < -0.3 is 10.1 Å². The first-order valence-electron chi connectivity index (χ1n) is 6.40. The summed E-state index contributed by atoms with van der Waals surface area (Å²) < 4.78 is 7.10. The van der Waals surface area contributed by atoms with E-state index in [2.05, 4.69) is 20.8 Å². The summed E-state index contributed by atoms with van der Waals surface area (Å²) in [4.78, 5) is 0. The third-order valence-electron chi connectivity index (χ3n) is 3.11. The summed E-state index contributed by atoms with van der Waals surface area (Å²) in [6.07, 6.45) is 7.56. The number of tetrazole rings is 1. The predicted molar refractivity (Wildman–Crippen MR) is 75.9 cm³/mol. The third-order valence-corrected chi connectivity index (χ3v) is 3.44. The fraction of sp³-hybridized carbons (Fsp3) is 0.308. The van der Waals surface area contributed by atoms with Gasteiger partial charge in [-0.25, -0.2) is 4.68 Å². The monoisotopic (exact) mass is 291 g/mol. The van der Waals surface area contributed by atoms with E-state index in [1.165, 1.54) is 0 Å². The van der Waals surface area contributed by atoms with Gasteiger partial charge in [0.1, 0.15) is 12.4 Å². The van der Waals surface area contributed by atoms with Crippen LogP contribution in [-0.2, 0) is 4.74 Å². The maximum Gasteiger partial charge on any atom is 0.143 e. The number of aromatic nitrogens is 4. The van der Waals surface area contributed by atoms with Gasteiger partial charge in [0.15, 0.2) is 0 Å². The second kappa shape index (κ2) is 5.92. The average molecular weight is 292 g/mol. The Balaban J connectivity index is 1.72. The Morgan fingerprint density at radius 2 is 2.40 bits per heavy atom. The predicted octanol–water partition coefficient (Wildman–Crippen LogP) is 2.42. The van der Waals surface area contributed by atoms with Crippen molar-refractivity contribution in [3.8, 4) is 5.69 Å². The molecule has 0 saturated heterocycles. The lowest BCUT2D eigenvalue weighted by Gasteiger charge is -2.20. The first kappa shape index (κ1) is 12.9. The van der Waals surface area contributed by atoms with E-state index in [0.29, 0.717) is 11.6 Å². The molecule has 1 aromatic carbocycles. The number of hydrogen-bond donors (Lipinski definition) is 1. The van der Waals surface area contributed by atoms with E-state index in [-0.39, 0.29) is 6.10 Å². The van der Waals surface area contributed by atoms with Crippen LogP contribution >= 0.6 is 11.6 Å². The quantitative estimate of drug-likeness (QED) is 0.937. The van der Waals surface area contributed by atoms with Crippen molar-refractivity contribution < 1.29 is 4.74 Å². The zero-order chi connectivity index (χ0) is 13.8. The molecular formula is C13H14ClN5O. The number of nitrogens with one attached hydrogen (secondary N) is 1. The minimum Gasteiger partial charge on any atom is -0.497 e. The Kier molecular flexibility index (Phi) is 3.83. The Bertz CT molecular complexity index is 599. The van der Waals surface area contributed by atoms with Crippen molar-refractivity contribution in [3.63, 3.8) is 0 Å². The van der Waals surface area contributed by atoms with E-state index in [4.69, 9.17) is 16.3 Å². The highest BCUT2D eigenvalue weighted by Gasteiger charge is 2.12. The van der Waals surface area contributed by atoms with Crippen molar-refractivity contribution in [1.82, 2.24) is 20.2 Å². The van der Waals surface area contributed by atoms with E-state index in [1.54, 1.807) is 17.3 Å². The molecule has 1 aromatic heterocycles. The molecule has 2 aromatic rings. The molecule has 1 unspecified atom stereocenters. The molecule has 0 spiro atoms. The van der Waals surface area contributed by atoms with Crippen LogP contribution in [0, 0.1) is 0 Å². The van der Waals surface area contributed by atoms with Crippen molar-refractivity contribution in [2.45, 2.75) is 18.9 Å². The van der Waals surface area contributed by atoms with E-state index in [9.17, 15) is 0 Å². The molecule has 0 saturated carbocycles. The molecular weight excluding hydrogens is 278 g/mol. The second-order valence-electron chi connectivity index (χ2n) is 4.51. The topological polar surface area (TPSA) is 64.9 Å². The molecule has 0 amide bonds. The molecule has 20 heavy (non-hydrogen) atoms. The molecule has 3 rings (SSSR count). The van der Waals surface area contributed by atoms with Crippen LogP contribution in [0.4, 0.5) is 5.69 Å². The number of halogens is 1. The van der Waals surface area contributed by atoms with Crippen molar-refractivity contribution in [1.29, 1.82) is 0 Å². The molecule has 6 nitrogen and oxygen atoms in total. The van der Waals surface area contributed by atoms with Crippen LogP contribution in [0.3, 0.4) is 0 Å². The Hall–Kier alpha value is -2.08. The third kappa shape index (κ3) is 2.91. The fourth-order valence-corrected chi connectivity index (χ4v) is 2.21. The maximum absolute atomic E-state index is 6.20. The molecule has 1 N–H and O–H groups in total. The molecule has 2 heterocycles. The van der Waals surface area contributed by atoms with Gasteiger partial charge in [-0.1, -0.05) is 11.6 Å². The van der Waals surface area contributed by atoms with Gasteiger partial charge in [-0.05, 0) is 47.5 Å². The summed E-state index contributed by atoms with van der Waals surface area (Å²) in [6.45, 7) is 0.711. The van der Waals surface area contributed by atoms with E-state index < -0.39 is 0 Å². The molecule has 104 valence electrons. The van der Waals surface area contributed by atoms with Gasteiger partial charge in [0.05, 0.1) is 29.2 Å². The van der Waals surface area contributed by atoms with Crippen molar-refractivity contribution >= 4 is 17.3 Å². The summed E-state index contributed by atoms with van der Waals surface area (Å²) in [5.41, 5.74) is 1.70. The zero-order valence-electron chi connectivity index (χ0n) is 10.7. The highest BCUT2D eigenvalue weighted by Crippen LogP contribution is 2.25. The van der Waals surface area contributed by atoms with Gasteiger partial charge in [0.25, 0.3) is 0 Å². The summed E-state index contributed by atoms with van der Waals surface area (Å²) >= 11 is 6.20. The molecule has 1 atom stereocenters. The number of rotatable bonds is 4. The molecule has 1 aliphatic heterocycles. The number of nitrogens with zero attached hydrogens (tertiary/aromatic N) is 4. The average Bonchev–Trinajstić information content (AvgIpc) is 3.02. The van der Waals surface area contributed by atoms with Crippen LogP contribution < -0.4 is 5.32 Å². The molecule has 0 aliphatic carbocycles. The van der Waals surface area contributed by atoms with Crippen LogP contribution in [0.15, 0.2) is 36.9 Å². The lowest BCUT2D eigenvalue weighted by molar-refractivity contribution is 0.135. The number of ether oxygens (including phenoxy) is 1. The lowest BCUT2D eigenvalue weighted by Crippen LogP contribution is -2.23. The molecule has 0 radical (unpaired) electrons. The first-order valence-corrected chi connectivity index (χ1v) is 6.78. The largest absolute Gasteiger partial charge is 0.497 e. The Morgan fingerprint density at radius 3 is 3.15 bits per heavy atom. The second-order valence-corrected chi connectivity index (χ2v) is 4.91. The zero-order valence-corrected chi connectivity index (χ0v) is 11.5. The van der Waals surface area contributed by atoms with Crippen LogP contribution in [-0.4, -0.2) is 32.9 Å². The van der Waals surface area contributed by atoms with Gasteiger partial charge >= 0.3 is 0 Å². The number of allylic oxidation sites excluding steroid dienone is 1. The highest BCUT2D eigenvalue weighted by atomic mass is 35.5. The summed E-state index contributed by atoms with van der Waals surface area (Å²) in [6, 6.07) is 5.60. The highest BCUT2D eigenvalue weighted by molar-refractivity contribution is 6.33. The van der Waals surface area contributed by atoms with Gasteiger partial charge in [-0.3, -0.25) is 0 Å². The van der Waals surface area contributed by atoms with Gasteiger partial charge in [-0.15, -0.1) is 5.10 Å². The van der Waals surface area contributed by atoms with E-state index >= 15 is 0 Å². The summed E-state index contributed by atoms with van der Waals surface area (Å²) in [5, 5.41) is 15.1. The molecule has 7 heteroatoms. The summed E-state index contributed by atoms with van der Waals surface area (Å²) in [5.74, 6) is 0. The lowest BCUT2D eigenvalue weighted by atomic mass is 10.1. The van der Waals surface area contributed by atoms with Crippen molar-refractivity contribution in [2.24, 2.45) is 0 Å². The Morgan fingerprint density at radius 1 is 1.45 bits per heavy atom. The molecule has 0 bridgehead atoms. The van der Waals surface area contributed by atoms with Crippen LogP contribution in [0.1, 0.15) is 12.8 Å². The minimum absolute atomic E-state index is 0.174. The number of hydrogen-bond acceptors (Lipinski definition) is 5.